The Hall–Kier alpha value is -0.720. The summed E-state index contributed by atoms with van der Waals surface area (Å²) in [7, 11) is 0. The molecule has 1 aliphatic rings. The van der Waals surface area contributed by atoms with E-state index in [1.54, 1.807) is 0 Å². The SMILES string of the molecule is Cc1cn(CC2CCCC2)cc1C. The Morgan fingerprint density at radius 1 is 1.15 bits per heavy atom. The lowest BCUT2D eigenvalue weighted by molar-refractivity contribution is 0.458. The largest absolute Gasteiger partial charge is 0.353 e. The van der Waals surface area contributed by atoms with Gasteiger partial charge in [0.2, 0.25) is 0 Å². The molecule has 0 atom stereocenters. The summed E-state index contributed by atoms with van der Waals surface area (Å²) in [5.41, 5.74) is 2.86. The molecule has 1 heterocycles. The van der Waals surface area contributed by atoms with E-state index in [9.17, 15) is 0 Å². The first-order valence-electron chi connectivity index (χ1n) is 5.38. The molecule has 0 N–H and O–H groups in total. The quantitative estimate of drug-likeness (QED) is 0.653. The van der Waals surface area contributed by atoms with E-state index < -0.39 is 0 Å². The zero-order chi connectivity index (χ0) is 9.26. The highest BCUT2D eigenvalue weighted by Crippen LogP contribution is 2.26. The third kappa shape index (κ3) is 1.96. The molecule has 0 saturated heterocycles. The maximum absolute atomic E-state index is 2.38. The number of hydrogen-bond donors (Lipinski definition) is 0. The summed E-state index contributed by atoms with van der Waals surface area (Å²) in [4.78, 5) is 0. The molecule has 13 heavy (non-hydrogen) atoms. The van der Waals surface area contributed by atoms with Gasteiger partial charge in [-0.2, -0.15) is 0 Å². The average molecular weight is 177 g/mol. The molecule has 0 radical (unpaired) electrons. The summed E-state index contributed by atoms with van der Waals surface area (Å²) >= 11 is 0. The first-order valence-corrected chi connectivity index (χ1v) is 5.38. The molecule has 0 spiro atoms. The van der Waals surface area contributed by atoms with Gasteiger partial charge in [-0.25, -0.2) is 0 Å². The monoisotopic (exact) mass is 177 g/mol. The number of hydrogen-bond acceptors (Lipinski definition) is 0. The lowest BCUT2D eigenvalue weighted by Crippen LogP contribution is -2.04. The van der Waals surface area contributed by atoms with Crippen molar-refractivity contribution < 1.29 is 0 Å². The lowest BCUT2D eigenvalue weighted by atomic mass is 10.1. The second-order valence-electron chi connectivity index (χ2n) is 4.47. The molecule has 1 aromatic heterocycles. The van der Waals surface area contributed by atoms with E-state index in [1.165, 1.54) is 43.4 Å². The third-order valence-corrected chi connectivity index (χ3v) is 3.28. The molecule has 1 aromatic rings. The van der Waals surface area contributed by atoms with Gasteiger partial charge in [-0.15, -0.1) is 0 Å². The predicted molar refractivity (Wildman–Crippen MR) is 55.9 cm³/mol. The standard InChI is InChI=1S/C12H19N/c1-10-7-13(8-11(10)2)9-12-5-3-4-6-12/h7-8,12H,3-6,9H2,1-2H3. The van der Waals surface area contributed by atoms with Crippen LogP contribution in [0.5, 0.6) is 0 Å². The molecule has 1 fully saturated rings. The summed E-state index contributed by atoms with van der Waals surface area (Å²) < 4.78 is 2.38. The van der Waals surface area contributed by atoms with Crippen molar-refractivity contribution in [3.63, 3.8) is 0 Å². The molecule has 1 aliphatic carbocycles. The molecule has 1 saturated carbocycles. The van der Waals surface area contributed by atoms with E-state index in [0.29, 0.717) is 0 Å². The van der Waals surface area contributed by atoms with Crippen LogP contribution in [0.25, 0.3) is 0 Å². The first-order chi connectivity index (χ1) is 6.25. The molecule has 0 bridgehead atoms. The Morgan fingerprint density at radius 3 is 2.23 bits per heavy atom. The Balaban J connectivity index is 2.00. The summed E-state index contributed by atoms with van der Waals surface area (Å²) in [6.45, 7) is 5.63. The van der Waals surface area contributed by atoms with Crippen molar-refractivity contribution in [2.75, 3.05) is 0 Å². The van der Waals surface area contributed by atoms with Gasteiger partial charge >= 0.3 is 0 Å². The van der Waals surface area contributed by atoms with Crippen LogP contribution < -0.4 is 0 Å². The summed E-state index contributed by atoms with van der Waals surface area (Å²) in [6, 6.07) is 0. The van der Waals surface area contributed by atoms with Crippen LogP contribution in [0.3, 0.4) is 0 Å². The first kappa shape index (κ1) is 8.86. The Morgan fingerprint density at radius 2 is 1.69 bits per heavy atom. The van der Waals surface area contributed by atoms with Crippen molar-refractivity contribution in [2.45, 2.75) is 46.1 Å². The number of nitrogens with zero attached hydrogens (tertiary/aromatic N) is 1. The smallest absolute Gasteiger partial charge is 0.0248 e. The van der Waals surface area contributed by atoms with Crippen LogP contribution in [0, 0.1) is 19.8 Å². The van der Waals surface area contributed by atoms with Crippen molar-refractivity contribution in [3.05, 3.63) is 23.5 Å². The summed E-state index contributed by atoms with van der Waals surface area (Å²) in [5, 5.41) is 0. The van der Waals surface area contributed by atoms with Gasteiger partial charge in [0.15, 0.2) is 0 Å². The maximum atomic E-state index is 2.38. The zero-order valence-electron chi connectivity index (χ0n) is 8.71. The molecular formula is C12H19N. The van der Waals surface area contributed by atoms with Crippen molar-refractivity contribution in [2.24, 2.45) is 5.92 Å². The average Bonchev–Trinajstić information content (AvgIpc) is 2.64. The van der Waals surface area contributed by atoms with Gasteiger partial charge in [0.05, 0.1) is 0 Å². The molecule has 72 valence electrons. The zero-order valence-corrected chi connectivity index (χ0v) is 8.71. The second-order valence-corrected chi connectivity index (χ2v) is 4.47. The van der Waals surface area contributed by atoms with Gasteiger partial charge in [0, 0.05) is 18.9 Å². The molecule has 1 heteroatoms. The van der Waals surface area contributed by atoms with Crippen molar-refractivity contribution in [3.8, 4) is 0 Å². The topological polar surface area (TPSA) is 4.93 Å². The number of aryl methyl sites for hydroxylation is 2. The van der Waals surface area contributed by atoms with Gasteiger partial charge in [-0.1, -0.05) is 12.8 Å². The Labute approximate surface area is 80.8 Å². The van der Waals surface area contributed by atoms with Gasteiger partial charge in [0.1, 0.15) is 0 Å². The van der Waals surface area contributed by atoms with Crippen LogP contribution >= 0.6 is 0 Å². The highest BCUT2D eigenvalue weighted by atomic mass is 14.9. The molecule has 2 rings (SSSR count). The van der Waals surface area contributed by atoms with Crippen molar-refractivity contribution in [1.29, 1.82) is 0 Å². The number of aromatic nitrogens is 1. The molecular weight excluding hydrogens is 158 g/mol. The minimum absolute atomic E-state index is 0.950. The molecule has 0 aliphatic heterocycles. The predicted octanol–water partition coefficient (Wildman–Crippen LogP) is 3.30. The van der Waals surface area contributed by atoms with E-state index in [1.807, 2.05) is 0 Å². The highest BCUT2D eigenvalue weighted by molar-refractivity contribution is 5.20. The van der Waals surface area contributed by atoms with E-state index in [4.69, 9.17) is 0 Å². The van der Waals surface area contributed by atoms with Gasteiger partial charge in [0.25, 0.3) is 0 Å². The minimum atomic E-state index is 0.950. The van der Waals surface area contributed by atoms with Crippen LogP contribution in [0.4, 0.5) is 0 Å². The molecule has 0 aromatic carbocycles. The van der Waals surface area contributed by atoms with Crippen LogP contribution in [-0.2, 0) is 6.54 Å². The van der Waals surface area contributed by atoms with Crippen LogP contribution in [0.15, 0.2) is 12.4 Å². The fraction of sp³-hybridized carbons (Fsp3) is 0.667. The molecule has 0 amide bonds. The van der Waals surface area contributed by atoms with E-state index in [2.05, 4.69) is 30.8 Å². The Bertz CT molecular complexity index is 260. The van der Waals surface area contributed by atoms with Gasteiger partial charge in [-0.3, -0.25) is 0 Å². The third-order valence-electron chi connectivity index (χ3n) is 3.28. The van der Waals surface area contributed by atoms with Crippen molar-refractivity contribution in [1.82, 2.24) is 4.57 Å². The van der Waals surface area contributed by atoms with Crippen LogP contribution in [0.1, 0.15) is 36.8 Å². The molecule has 0 unspecified atom stereocenters. The second kappa shape index (κ2) is 3.57. The summed E-state index contributed by atoms with van der Waals surface area (Å²) in [5.74, 6) is 0.950. The fourth-order valence-electron chi connectivity index (χ4n) is 2.33. The van der Waals surface area contributed by atoms with E-state index >= 15 is 0 Å². The lowest BCUT2D eigenvalue weighted by Gasteiger charge is -2.09. The van der Waals surface area contributed by atoms with Gasteiger partial charge in [-0.05, 0) is 43.7 Å². The number of rotatable bonds is 2. The fourth-order valence-corrected chi connectivity index (χ4v) is 2.33. The van der Waals surface area contributed by atoms with E-state index in [0.717, 1.165) is 5.92 Å². The van der Waals surface area contributed by atoms with E-state index in [-0.39, 0.29) is 0 Å². The van der Waals surface area contributed by atoms with Gasteiger partial charge < -0.3 is 4.57 Å². The van der Waals surface area contributed by atoms with Crippen molar-refractivity contribution >= 4 is 0 Å². The minimum Gasteiger partial charge on any atom is -0.353 e. The summed E-state index contributed by atoms with van der Waals surface area (Å²) in [6.07, 6.45) is 10.3. The normalized spacial score (nSPS) is 18.3. The maximum Gasteiger partial charge on any atom is 0.0248 e. The molecule has 1 nitrogen and oxygen atoms in total. The highest BCUT2D eigenvalue weighted by Gasteiger charge is 2.15. The van der Waals surface area contributed by atoms with Crippen LogP contribution in [0.2, 0.25) is 0 Å². The Kier molecular flexibility index (Phi) is 2.43. The van der Waals surface area contributed by atoms with Crippen LogP contribution in [-0.4, -0.2) is 4.57 Å².